The average molecular weight is 367 g/mol. The van der Waals surface area contributed by atoms with Gasteiger partial charge in [-0.25, -0.2) is 4.68 Å². The van der Waals surface area contributed by atoms with Crippen molar-refractivity contribution in [2.75, 3.05) is 39.3 Å². The fourth-order valence-corrected chi connectivity index (χ4v) is 2.87. The normalized spacial score (nSPS) is 15.8. The first kappa shape index (κ1) is 18.4. The maximum Gasteiger partial charge on any atom is 0.433 e. The summed E-state index contributed by atoms with van der Waals surface area (Å²) in [6.07, 6.45) is -3.43. The summed E-state index contributed by atoms with van der Waals surface area (Å²) in [6.45, 7) is 4.96. The van der Waals surface area contributed by atoms with Gasteiger partial charge < -0.3 is 10.6 Å². The van der Waals surface area contributed by atoms with Crippen molar-refractivity contribution in [3.8, 4) is 5.69 Å². The number of nitrogens with zero attached hydrogens (tertiary/aromatic N) is 3. The molecule has 1 amide bonds. The zero-order chi connectivity index (χ0) is 18.6. The molecule has 0 bridgehead atoms. The number of alkyl halides is 3. The van der Waals surface area contributed by atoms with Crippen molar-refractivity contribution in [3.63, 3.8) is 0 Å². The third-order valence-corrected chi connectivity index (χ3v) is 4.21. The summed E-state index contributed by atoms with van der Waals surface area (Å²) in [4.78, 5) is 14.5. The summed E-state index contributed by atoms with van der Waals surface area (Å²) >= 11 is 0. The Morgan fingerprint density at radius 1 is 1.23 bits per heavy atom. The van der Waals surface area contributed by atoms with E-state index in [0.29, 0.717) is 12.1 Å². The third-order valence-electron chi connectivity index (χ3n) is 4.21. The smallest absolute Gasteiger partial charge is 0.351 e. The lowest BCUT2D eigenvalue weighted by molar-refractivity contribution is -0.142. The van der Waals surface area contributed by atoms with E-state index in [2.05, 4.69) is 20.6 Å². The Morgan fingerprint density at radius 2 is 2.00 bits per heavy atom. The molecule has 1 aromatic carbocycles. The average Bonchev–Trinajstić information content (AvgIpc) is 3.13. The van der Waals surface area contributed by atoms with Crippen LogP contribution >= 0.6 is 0 Å². The molecule has 0 saturated carbocycles. The Morgan fingerprint density at radius 3 is 2.73 bits per heavy atom. The van der Waals surface area contributed by atoms with E-state index in [9.17, 15) is 18.0 Å². The quantitative estimate of drug-likeness (QED) is 0.841. The first-order valence-corrected chi connectivity index (χ1v) is 8.38. The van der Waals surface area contributed by atoms with Gasteiger partial charge in [0.25, 0.3) is 5.91 Å². The zero-order valence-electron chi connectivity index (χ0n) is 14.1. The highest BCUT2D eigenvalue weighted by molar-refractivity contribution is 5.94. The molecule has 1 aliphatic heterocycles. The molecule has 1 aliphatic rings. The Hall–Kier alpha value is -2.39. The molecule has 1 aromatic heterocycles. The molecule has 1 fully saturated rings. The van der Waals surface area contributed by atoms with Gasteiger partial charge in [0.15, 0.2) is 0 Å². The number of nitrogens with one attached hydrogen (secondary N) is 2. The Balaban J connectivity index is 1.65. The summed E-state index contributed by atoms with van der Waals surface area (Å²) in [6, 6.07) is 6.91. The lowest BCUT2D eigenvalue weighted by Crippen LogP contribution is -2.46. The van der Waals surface area contributed by atoms with Crippen LogP contribution < -0.4 is 10.6 Å². The van der Waals surface area contributed by atoms with Crippen LogP contribution in [-0.2, 0) is 6.18 Å². The molecule has 2 N–H and O–H groups in total. The lowest BCUT2D eigenvalue weighted by atomic mass is 10.2. The van der Waals surface area contributed by atoms with Gasteiger partial charge in [-0.2, -0.15) is 18.3 Å². The summed E-state index contributed by atoms with van der Waals surface area (Å²) in [7, 11) is 0. The molecule has 2 aromatic rings. The molecule has 140 valence electrons. The summed E-state index contributed by atoms with van der Waals surface area (Å²) in [5, 5.41) is 9.80. The fraction of sp³-hybridized carbons (Fsp3) is 0.412. The van der Waals surface area contributed by atoms with Crippen molar-refractivity contribution in [1.82, 2.24) is 25.3 Å². The van der Waals surface area contributed by atoms with Crippen molar-refractivity contribution >= 4 is 5.91 Å². The molecular weight excluding hydrogens is 347 g/mol. The van der Waals surface area contributed by atoms with Gasteiger partial charge in [0.2, 0.25) is 0 Å². The second-order valence-electron chi connectivity index (χ2n) is 6.02. The van der Waals surface area contributed by atoms with E-state index in [1.807, 2.05) is 0 Å². The minimum atomic E-state index is -4.52. The Bertz CT molecular complexity index is 753. The van der Waals surface area contributed by atoms with Crippen LogP contribution in [0.4, 0.5) is 13.2 Å². The number of halogens is 3. The molecule has 0 aliphatic carbocycles. The molecule has 2 heterocycles. The van der Waals surface area contributed by atoms with Crippen LogP contribution in [0, 0.1) is 0 Å². The van der Waals surface area contributed by atoms with Crippen LogP contribution in [0.3, 0.4) is 0 Å². The molecule has 0 atom stereocenters. The van der Waals surface area contributed by atoms with Gasteiger partial charge in [0, 0.05) is 44.8 Å². The molecule has 1 saturated heterocycles. The second kappa shape index (κ2) is 7.88. The fourth-order valence-electron chi connectivity index (χ4n) is 2.87. The van der Waals surface area contributed by atoms with Gasteiger partial charge in [0.1, 0.15) is 5.69 Å². The van der Waals surface area contributed by atoms with Crippen LogP contribution in [-0.4, -0.2) is 59.9 Å². The number of hydrogen-bond acceptors (Lipinski definition) is 4. The zero-order valence-corrected chi connectivity index (χ0v) is 14.1. The molecule has 3 rings (SSSR count). The number of carbonyl (C=O) groups excluding carboxylic acids is 1. The van der Waals surface area contributed by atoms with Crippen molar-refractivity contribution in [2.45, 2.75) is 6.18 Å². The van der Waals surface area contributed by atoms with Crippen molar-refractivity contribution in [2.24, 2.45) is 0 Å². The van der Waals surface area contributed by atoms with E-state index in [0.717, 1.165) is 49.7 Å². The minimum absolute atomic E-state index is 0.192. The SMILES string of the molecule is O=C(NCCN1CCNCC1)c1cccc(-n2nccc2C(F)(F)F)c1. The molecular formula is C17H20F3N5O. The van der Waals surface area contributed by atoms with Gasteiger partial charge in [0.05, 0.1) is 11.9 Å². The number of carbonyl (C=O) groups is 1. The van der Waals surface area contributed by atoms with Crippen molar-refractivity contribution in [1.29, 1.82) is 0 Å². The minimum Gasteiger partial charge on any atom is -0.351 e. The third kappa shape index (κ3) is 4.41. The van der Waals surface area contributed by atoms with Crippen LogP contribution in [0.15, 0.2) is 36.5 Å². The number of benzene rings is 1. The maximum absolute atomic E-state index is 13.0. The largest absolute Gasteiger partial charge is 0.433 e. The number of hydrogen-bond donors (Lipinski definition) is 2. The molecule has 0 spiro atoms. The lowest BCUT2D eigenvalue weighted by Gasteiger charge is -2.27. The van der Waals surface area contributed by atoms with Gasteiger partial charge in [-0.1, -0.05) is 6.07 Å². The first-order chi connectivity index (χ1) is 12.4. The molecule has 6 nitrogen and oxygen atoms in total. The van der Waals surface area contributed by atoms with E-state index in [4.69, 9.17) is 0 Å². The molecule has 0 unspecified atom stereocenters. The van der Waals surface area contributed by atoms with Gasteiger partial charge in [-0.3, -0.25) is 9.69 Å². The second-order valence-corrected chi connectivity index (χ2v) is 6.02. The highest BCUT2D eigenvalue weighted by Gasteiger charge is 2.35. The van der Waals surface area contributed by atoms with Crippen LogP contribution in [0.1, 0.15) is 16.1 Å². The number of aromatic nitrogens is 2. The Labute approximate surface area is 149 Å². The predicted octanol–water partition coefficient (Wildman–Crippen LogP) is 1.53. The van der Waals surface area contributed by atoms with E-state index in [-0.39, 0.29) is 11.6 Å². The highest BCUT2D eigenvalue weighted by Crippen LogP contribution is 2.30. The highest BCUT2D eigenvalue weighted by atomic mass is 19.4. The van der Waals surface area contributed by atoms with Crippen LogP contribution in [0.2, 0.25) is 0 Å². The predicted molar refractivity (Wildman–Crippen MR) is 90.2 cm³/mol. The van der Waals surface area contributed by atoms with E-state index in [1.54, 1.807) is 12.1 Å². The monoisotopic (exact) mass is 367 g/mol. The van der Waals surface area contributed by atoms with Gasteiger partial charge in [-0.15, -0.1) is 0 Å². The summed E-state index contributed by atoms with van der Waals surface area (Å²) < 4.78 is 39.9. The Kier molecular flexibility index (Phi) is 5.58. The van der Waals surface area contributed by atoms with E-state index < -0.39 is 11.9 Å². The van der Waals surface area contributed by atoms with E-state index in [1.165, 1.54) is 12.1 Å². The van der Waals surface area contributed by atoms with Crippen molar-refractivity contribution in [3.05, 3.63) is 47.8 Å². The van der Waals surface area contributed by atoms with E-state index >= 15 is 0 Å². The number of amides is 1. The molecule has 26 heavy (non-hydrogen) atoms. The maximum atomic E-state index is 13.0. The summed E-state index contributed by atoms with van der Waals surface area (Å²) in [5.41, 5.74) is -0.391. The number of piperazine rings is 1. The standard InChI is InChI=1S/C17H20F3N5O/c18-17(19,20)15-4-5-23-25(15)14-3-1-2-13(12-14)16(26)22-8-11-24-9-6-21-7-10-24/h1-5,12,21H,6-11H2,(H,22,26). The van der Waals surface area contributed by atoms with Gasteiger partial charge in [-0.05, 0) is 24.3 Å². The molecule has 0 radical (unpaired) electrons. The summed E-state index contributed by atoms with van der Waals surface area (Å²) in [5.74, 6) is -0.317. The van der Waals surface area contributed by atoms with Gasteiger partial charge >= 0.3 is 6.18 Å². The van der Waals surface area contributed by atoms with Crippen LogP contribution in [0.5, 0.6) is 0 Å². The van der Waals surface area contributed by atoms with Crippen LogP contribution in [0.25, 0.3) is 5.69 Å². The topological polar surface area (TPSA) is 62.2 Å². The number of rotatable bonds is 5. The van der Waals surface area contributed by atoms with Crippen molar-refractivity contribution < 1.29 is 18.0 Å². The molecule has 9 heteroatoms. The first-order valence-electron chi connectivity index (χ1n) is 8.38.